The molecule has 0 aromatic carbocycles. The van der Waals surface area contributed by atoms with E-state index in [1.165, 1.54) is 7.11 Å². The molecule has 0 unspecified atom stereocenters. The van der Waals surface area contributed by atoms with E-state index in [0.29, 0.717) is 25.0 Å². The number of rotatable bonds is 12. The molecule has 0 radical (unpaired) electrons. The zero-order valence-electron chi connectivity index (χ0n) is 17.5. The van der Waals surface area contributed by atoms with Gasteiger partial charge in [0.2, 0.25) is 0 Å². The molecule has 4 nitrogen and oxygen atoms in total. The van der Waals surface area contributed by atoms with Crippen LogP contribution in [0.15, 0.2) is 24.3 Å². The first kappa shape index (κ1) is 23.3. The SMILES string of the molecule is CCCCC(C)(C)C(=O)C=C[C@@H]1CCC(=O)[C@H]1C/C=C\CCCC(=O)OC. The lowest BCUT2D eigenvalue weighted by molar-refractivity contribution is -0.140. The Hall–Kier alpha value is -1.71. The lowest BCUT2D eigenvalue weighted by atomic mass is 9.82. The highest BCUT2D eigenvalue weighted by molar-refractivity contribution is 5.94. The number of esters is 1. The maximum atomic E-state index is 12.5. The quantitative estimate of drug-likeness (QED) is 0.203. The van der Waals surface area contributed by atoms with Gasteiger partial charge in [0.05, 0.1) is 7.11 Å². The second kappa shape index (κ2) is 11.9. The number of carbonyl (C=O) groups is 3. The van der Waals surface area contributed by atoms with Gasteiger partial charge in [-0.15, -0.1) is 0 Å². The van der Waals surface area contributed by atoms with Crippen molar-refractivity contribution in [3.63, 3.8) is 0 Å². The number of unbranched alkanes of at least 4 members (excludes halogenated alkanes) is 2. The molecule has 0 heterocycles. The predicted molar refractivity (Wildman–Crippen MR) is 108 cm³/mol. The minimum absolute atomic E-state index is 0.0235. The van der Waals surface area contributed by atoms with Gasteiger partial charge in [-0.2, -0.15) is 0 Å². The smallest absolute Gasteiger partial charge is 0.305 e. The molecule has 2 atom stereocenters. The zero-order chi connectivity index (χ0) is 20.3. The summed E-state index contributed by atoms with van der Waals surface area (Å²) in [6, 6.07) is 0. The van der Waals surface area contributed by atoms with Gasteiger partial charge in [-0.1, -0.05) is 51.8 Å². The van der Waals surface area contributed by atoms with Crippen molar-refractivity contribution in [2.24, 2.45) is 17.3 Å². The van der Waals surface area contributed by atoms with Gasteiger partial charge in [-0.05, 0) is 44.1 Å². The fraction of sp³-hybridized carbons (Fsp3) is 0.696. The molecule has 1 saturated carbocycles. The number of carbonyl (C=O) groups excluding carboxylic acids is 3. The van der Waals surface area contributed by atoms with Crippen LogP contribution in [0.3, 0.4) is 0 Å². The molecular formula is C23H36O4. The topological polar surface area (TPSA) is 60.4 Å². The third-order valence-electron chi connectivity index (χ3n) is 5.51. The molecule has 0 aliphatic heterocycles. The molecule has 1 fully saturated rings. The Morgan fingerprint density at radius 3 is 2.63 bits per heavy atom. The van der Waals surface area contributed by atoms with Crippen LogP contribution in [0.2, 0.25) is 0 Å². The van der Waals surface area contributed by atoms with Crippen molar-refractivity contribution in [2.45, 2.75) is 78.6 Å². The molecule has 1 rings (SSSR count). The van der Waals surface area contributed by atoms with E-state index < -0.39 is 0 Å². The molecule has 0 aromatic rings. The Morgan fingerprint density at radius 2 is 1.96 bits per heavy atom. The Morgan fingerprint density at radius 1 is 1.22 bits per heavy atom. The molecule has 0 spiro atoms. The summed E-state index contributed by atoms with van der Waals surface area (Å²) in [6.07, 6.45) is 14.9. The van der Waals surface area contributed by atoms with Crippen LogP contribution in [0, 0.1) is 17.3 Å². The molecule has 0 saturated heterocycles. The third kappa shape index (κ3) is 8.23. The zero-order valence-corrected chi connectivity index (χ0v) is 17.5. The average Bonchev–Trinajstić information content (AvgIpc) is 3.00. The maximum Gasteiger partial charge on any atom is 0.305 e. The number of hydrogen-bond acceptors (Lipinski definition) is 4. The average molecular weight is 377 g/mol. The molecular weight excluding hydrogens is 340 g/mol. The van der Waals surface area contributed by atoms with Crippen LogP contribution in [0.1, 0.15) is 78.6 Å². The van der Waals surface area contributed by atoms with Crippen molar-refractivity contribution < 1.29 is 19.1 Å². The number of methoxy groups -OCH3 is 1. The summed E-state index contributed by atoms with van der Waals surface area (Å²) >= 11 is 0. The number of ether oxygens (including phenoxy) is 1. The molecule has 0 N–H and O–H groups in total. The molecule has 27 heavy (non-hydrogen) atoms. The van der Waals surface area contributed by atoms with E-state index >= 15 is 0 Å². The lowest BCUT2D eigenvalue weighted by Gasteiger charge is -2.21. The van der Waals surface area contributed by atoms with Crippen LogP contribution < -0.4 is 0 Å². The van der Waals surface area contributed by atoms with Gasteiger partial charge in [0, 0.05) is 24.2 Å². The van der Waals surface area contributed by atoms with E-state index in [-0.39, 0.29) is 29.0 Å². The van der Waals surface area contributed by atoms with Gasteiger partial charge in [-0.3, -0.25) is 14.4 Å². The highest BCUT2D eigenvalue weighted by Gasteiger charge is 2.32. The van der Waals surface area contributed by atoms with Crippen molar-refractivity contribution >= 4 is 17.5 Å². The van der Waals surface area contributed by atoms with Crippen LogP contribution in [-0.4, -0.2) is 24.6 Å². The fourth-order valence-electron chi connectivity index (χ4n) is 3.48. The Kier molecular flexibility index (Phi) is 10.3. The number of ketones is 2. The Labute approximate surface area is 164 Å². The summed E-state index contributed by atoms with van der Waals surface area (Å²) in [6.45, 7) is 6.14. The van der Waals surface area contributed by atoms with Gasteiger partial charge < -0.3 is 4.74 Å². The number of allylic oxidation sites excluding steroid dienone is 4. The van der Waals surface area contributed by atoms with Crippen LogP contribution >= 0.6 is 0 Å². The van der Waals surface area contributed by atoms with Gasteiger partial charge in [0.15, 0.2) is 5.78 Å². The number of Topliss-reactive ketones (excluding diaryl/α,β-unsaturated/α-hetero) is 1. The van der Waals surface area contributed by atoms with Crippen molar-refractivity contribution in [1.82, 2.24) is 0 Å². The fourth-order valence-corrected chi connectivity index (χ4v) is 3.48. The van der Waals surface area contributed by atoms with Crippen molar-refractivity contribution in [3.05, 3.63) is 24.3 Å². The Bertz CT molecular complexity index is 557. The minimum Gasteiger partial charge on any atom is -0.469 e. The van der Waals surface area contributed by atoms with Crippen LogP contribution in [-0.2, 0) is 19.1 Å². The highest BCUT2D eigenvalue weighted by Crippen LogP contribution is 2.33. The van der Waals surface area contributed by atoms with E-state index in [4.69, 9.17) is 0 Å². The van der Waals surface area contributed by atoms with Crippen LogP contribution in [0.4, 0.5) is 0 Å². The van der Waals surface area contributed by atoms with Crippen LogP contribution in [0.25, 0.3) is 0 Å². The predicted octanol–water partition coefficient (Wildman–Crippen LogP) is 5.21. The van der Waals surface area contributed by atoms with Crippen molar-refractivity contribution in [1.29, 1.82) is 0 Å². The summed E-state index contributed by atoms with van der Waals surface area (Å²) < 4.78 is 4.61. The largest absolute Gasteiger partial charge is 0.469 e. The molecule has 152 valence electrons. The molecule has 4 heteroatoms. The van der Waals surface area contributed by atoms with E-state index in [1.54, 1.807) is 6.08 Å². The summed E-state index contributed by atoms with van der Waals surface area (Å²) in [5.41, 5.74) is -0.329. The highest BCUT2D eigenvalue weighted by atomic mass is 16.5. The summed E-state index contributed by atoms with van der Waals surface area (Å²) in [5.74, 6) is 0.396. The van der Waals surface area contributed by atoms with E-state index in [2.05, 4.69) is 11.7 Å². The number of hydrogen-bond donors (Lipinski definition) is 0. The van der Waals surface area contributed by atoms with Gasteiger partial charge in [-0.25, -0.2) is 0 Å². The molecule has 1 aliphatic rings. The van der Waals surface area contributed by atoms with E-state index in [0.717, 1.165) is 38.5 Å². The first-order chi connectivity index (χ1) is 12.8. The van der Waals surface area contributed by atoms with Gasteiger partial charge >= 0.3 is 5.97 Å². The van der Waals surface area contributed by atoms with Gasteiger partial charge in [0.1, 0.15) is 5.78 Å². The molecule has 0 aromatic heterocycles. The second-order valence-electron chi connectivity index (χ2n) is 8.16. The van der Waals surface area contributed by atoms with E-state index in [9.17, 15) is 14.4 Å². The summed E-state index contributed by atoms with van der Waals surface area (Å²) in [4.78, 5) is 35.8. The first-order valence-corrected chi connectivity index (χ1v) is 10.3. The van der Waals surface area contributed by atoms with Gasteiger partial charge in [0.25, 0.3) is 0 Å². The molecule has 0 bridgehead atoms. The minimum atomic E-state index is -0.329. The summed E-state index contributed by atoms with van der Waals surface area (Å²) in [7, 11) is 1.40. The standard InChI is InChI=1S/C23H36O4/c1-5-6-17-23(2,3)21(25)16-14-18-13-15-20(24)19(18)11-9-7-8-10-12-22(26)27-4/h7,9,14,16,18-19H,5-6,8,10-13,15,17H2,1-4H3/b9-7-,16-14?/t18-,19-/m0/s1. The third-order valence-corrected chi connectivity index (χ3v) is 5.51. The lowest BCUT2D eigenvalue weighted by Crippen LogP contribution is -2.22. The summed E-state index contributed by atoms with van der Waals surface area (Å²) in [5, 5.41) is 0. The monoisotopic (exact) mass is 376 g/mol. The normalized spacial score (nSPS) is 20.7. The molecule has 0 amide bonds. The van der Waals surface area contributed by atoms with Crippen LogP contribution in [0.5, 0.6) is 0 Å². The molecule has 1 aliphatic carbocycles. The first-order valence-electron chi connectivity index (χ1n) is 10.3. The Balaban J connectivity index is 2.51. The van der Waals surface area contributed by atoms with E-state index in [1.807, 2.05) is 32.1 Å². The maximum absolute atomic E-state index is 12.5. The second-order valence-corrected chi connectivity index (χ2v) is 8.16. The van der Waals surface area contributed by atoms with Crippen molar-refractivity contribution in [3.8, 4) is 0 Å². The van der Waals surface area contributed by atoms with Crippen molar-refractivity contribution in [2.75, 3.05) is 7.11 Å².